The van der Waals surface area contributed by atoms with Crippen molar-refractivity contribution >= 4 is 35.2 Å². The summed E-state index contributed by atoms with van der Waals surface area (Å²) in [5, 5.41) is 0. The molecule has 0 radical (unpaired) electrons. The Balaban J connectivity index is 2.50. The number of carbonyl (C=O) groups is 1. The fourth-order valence-electron chi connectivity index (χ4n) is 1.88. The number of hydrogen-bond donors (Lipinski definition) is 0. The van der Waals surface area contributed by atoms with Gasteiger partial charge in [-0.05, 0) is 30.2 Å². The molecule has 0 amide bonds. The Kier molecular flexibility index (Phi) is 4.43. The number of hydrogen-bond acceptors (Lipinski definition) is 2. The molecule has 2 aromatic carbocycles. The lowest BCUT2D eigenvalue weighted by atomic mass is 9.92. The van der Waals surface area contributed by atoms with Crippen LogP contribution in [0, 0.1) is 0 Å². The van der Waals surface area contributed by atoms with Crippen molar-refractivity contribution in [3.05, 3.63) is 52.5 Å². The molecule has 2 nitrogen and oxygen atoms in total. The zero-order chi connectivity index (χ0) is 13.8. The normalized spacial score (nSPS) is 10.2. The van der Waals surface area contributed by atoms with Gasteiger partial charge in [-0.25, -0.2) is 4.79 Å². The maximum absolute atomic E-state index is 12.0. The third-order valence-corrected chi connectivity index (χ3v) is 3.33. The minimum absolute atomic E-state index is 0.292. The molecule has 4 heteroatoms. The van der Waals surface area contributed by atoms with E-state index in [9.17, 15) is 4.79 Å². The molecule has 2 aromatic rings. The lowest BCUT2D eigenvalue weighted by Gasteiger charge is -2.10. The topological polar surface area (TPSA) is 26.3 Å². The fourth-order valence-corrected chi connectivity index (χ4v) is 2.24. The maximum atomic E-state index is 12.0. The van der Waals surface area contributed by atoms with Crippen LogP contribution >= 0.6 is 15.9 Å². The Morgan fingerprint density at radius 3 is 2.53 bits per heavy atom. The van der Waals surface area contributed by atoms with Crippen molar-refractivity contribution in [1.82, 2.24) is 0 Å². The van der Waals surface area contributed by atoms with E-state index in [1.807, 2.05) is 44.2 Å². The highest BCUT2D eigenvalue weighted by molar-refractivity contribution is 9.10. The van der Waals surface area contributed by atoms with Crippen molar-refractivity contribution in [2.75, 3.05) is 6.61 Å². The van der Waals surface area contributed by atoms with Crippen LogP contribution in [0.4, 0.5) is 0 Å². The summed E-state index contributed by atoms with van der Waals surface area (Å²) in [5.74, 6) is -0.292. The lowest BCUT2D eigenvalue weighted by Crippen LogP contribution is -2.07. The highest BCUT2D eigenvalue weighted by Crippen LogP contribution is 2.27. The molecule has 96 valence electrons. The molecule has 0 fully saturated rings. The van der Waals surface area contributed by atoms with Gasteiger partial charge in [0.2, 0.25) is 0 Å². The van der Waals surface area contributed by atoms with E-state index in [1.165, 1.54) is 5.46 Å². The molecule has 0 unspecified atom stereocenters. The molecule has 0 aliphatic rings. The molecule has 0 aliphatic carbocycles. The Bertz CT molecular complexity index is 594. The van der Waals surface area contributed by atoms with Crippen LogP contribution in [0.1, 0.15) is 17.3 Å². The van der Waals surface area contributed by atoms with Crippen molar-refractivity contribution in [2.45, 2.75) is 6.92 Å². The van der Waals surface area contributed by atoms with E-state index in [0.717, 1.165) is 15.6 Å². The van der Waals surface area contributed by atoms with Gasteiger partial charge >= 0.3 is 5.97 Å². The summed E-state index contributed by atoms with van der Waals surface area (Å²) in [6.45, 7) is 2.18. The maximum Gasteiger partial charge on any atom is 0.338 e. The van der Waals surface area contributed by atoms with E-state index in [-0.39, 0.29) is 5.97 Å². The standard InChI is InChI=1S/C15H14BBrO2/c1-2-19-15(18)14-9-12(17)7-8-13(14)10-3-5-11(16)6-4-10/h3-9H,2,16H2,1H3. The Labute approximate surface area is 122 Å². The van der Waals surface area contributed by atoms with E-state index in [0.29, 0.717) is 12.2 Å². The van der Waals surface area contributed by atoms with Gasteiger partial charge < -0.3 is 4.74 Å². The number of benzene rings is 2. The lowest BCUT2D eigenvalue weighted by molar-refractivity contribution is 0.0527. The SMILES string of the molecule is Bc1ccc(-c2ccc(Br)cc2C(=O)OCC)cc1. The summed E-state index contributed by atoms with van der Waals surface area (Å²) < 4.78 is 5.98. The van der Waals surface area contributed by atoms with Gasteiger partial charge in [-0.2, -0.15) is 0 Å². The molecule has 0 saturated carbocycles. The first-order chi connectivity index (χ1) is 9.11. The van der Waals surface area contributed by atoms with Gasteiger partial charge in [0.05, 0.1) is 12.2 Å². The van der Waals surface area contributed by atoms with Crippen LogP contribution in [-0.2, 0) is 4.74 Å². The smallest absolute Gasteiger partial charge is 0.338 e. The predicted octanol–water partition coefficient (Wildman–Crippen LogP) is 2.55. The van der Waals surface area contributed by atoms with E-state index in [4.69, 9.17) is 4.74 Å². The van der Waals surface area contributed by atoms with Gasteiger partial charge in [0.1, 0.15) is 7.85 Å². The number of carbonyl (C=O) groups excluding carboxylic acids is 1. The quantitative estimate of drug-likeness (QED) is 0.642. The molecular weight excluding hydrogens is 303 g/mol. The molecule has 0 saturated heterocycles. The minimum Gasteiger partial charge on any atom is -0.462 e. The highest BCUT2D eigenvalue weighted by Gasteiger charge is 2.14. The van der Waals surface area contributed by atoms with Crippen LogP contribution in [0.25, 0.3) is 11.1 Å². The zero-order valence-electron chi connectivity index (χ0n) is 10.9. The number of esters is 1. The first-order valence-corrected chi connectivity index (χ1v) is 6.95. The molecule has 0 aliphatic heterocycles. The second kappa shape index (κ2) is 6.07. The number of halogens is 1. The monoisotopic (exact) mass is 316 g/mol. The number of rotatable bonds is 3. The average Bonchev–Trinajstić information content (AvgIpc) is 2.40. The van der Waals surface area contributed by atoms with Crippen LogP contribution < -0.4 is 5.46 Å². The van der Waals surface area contributed by atoms with Crippen LogP contribution in [0.15, 0.2) is 46.9 Å². The van der Waals surface area contributed by atoms with Gasteiger partial charge in [-0.15, -0.1) is 0 Å². The highest BCUT2D eigenvalue weighted by atomic mass is 79.9. The number of ether oxygens (including phenoxy) is 1. The molecule has 0 bridgehead atoms. The molecule has 0 atom stereocenters. The largest absolute Gasteiger partial charge is 0.462 e. The summed E-state index contributed by atoms with van der Waals surface area (Å²) in [6, 6.07) is 13.8. The van der Waals surface area contributed by atoms with E-state index in [1.54, 1.807) is 13.0 Å². The minimum atomic E-state index is -0.292. The molecule has 2 rings (SSSR count). The van der Waals surface area contributed by atoms with Gasteiger partial charge in [0.15, 0.2) is 0 Å². The Hall–Kier alpha value is -1.55. The molecule has 0 aromatic heterocycles. The second-order valence-corrected chi connectivity index (χ2v) is 5.19. The van der Waals surface area contributed by atoms with Gasteiger partial charge in [-0.3, -0.25) is 0 Å². The van der Waals surface area contributed by atoms with Crippen LogP contribution in [0.5, 0.6) is 0 Å². The van der Waals surface area contributed by atoms with Crippen molar-refractivity contribution < 1.29 is 9.53 Å². The van der Waals surface area contributed by atoms with Crippen molar-refractivity contribution in [1.29, 1.82) is 0 Å². The second-order valence-electron chi connectivity index (χ2n) is 4.28. The predicted molar refractivity (Wildman–Crippen MR) is 83.7 cm³/mol. The fraction of sp³-hybridized carbons (Fsp3) is 0.133. The van der Waals surface area contributed by atoms with Crippen molar-refractivity contribution in [2.24, 2.45) is 0 Å². The Morgan fingerprint density at radius 1 is 1.21 bits per heavy atom. The summed E-state index contributed by atoms with van der Waals surface area (Å²) >= 11 is 3.39. The average molecular weight is 317 g/mol. The third-order valence-electron chi connectivity index (χ3n) is 2.84. The van der Waals surface area contributed by atoms with E-state index >= 15 is 0 Å². The van der Waals surface area contributed by atoms with Gasteiger partial charge in [0.25, 0.3) is 0 Å². The molecule has 19 heavy (non-hydrogen) atoms. The summed E-state index contributed by atoms with van der Waals surface area (Å²) in [4.78, 5) is 12.0. The molecule has 0 spiro atoms. The van der Waals surface area contributed by atoms with Crippen molar-refractivity contribution in [3.63, 3.8) is 0 Å². The van der Waals surface area contributed by atoms with Crippen molar-refractivity contribution in [3.8, 4) is 11.1 Å². The first-order valence-electron chi connectivity index (χ1n) is 6.15. The first kappa shape index (κ1) is 13.9. The van der Waals surface area contributed by atoms with E-state index in [2.05, 4.69) is 15.9 Å². The van der Waals surface area contributed by atoms with Crippen LogP contribution in [0.2, 0.25) is 0 Å². The van der Waals surface area contributed by atoms with Crippen LogP contribution in [-0.4, -0.2) is 20.4 Å². The molecule has 0 N–H and O–H groups in total. The molecule has 0 heterocycles. The summed E-state index contributed by atoms with van der Waals surface area (Å²) in [6.07, 6.45) is 0. The summed E-state index contributed by atoms with van der Waals surface area (Å²) in [7, 11) is 2.04. The third kappa shape index (κ3) is 3.26. The molecular formula is C15H14BBrO2. The zero-order valence-corrected chi connectivity index (χ0v) is 12.5. The Morgan fingerprint density at radius 2 is 1.89 bits per heavy atom. The van der Waals surface area contributed by atoms with Gasteiger partial charge in [0, 0.05) is 4.47 Å². The van der Waals surface area contributed by atoms with Gasteiger partial charge in [-0.1, -0.05) is 51.7 Å². The van der Waals surface area contributed by atoms with E-state index < -0.39 is 0 Å². The summed E-state index contributed by atoms with van der Waals surface area (Å²) in [5.41, 5.74) is 3.68. The van der Waals surface area contributed by atoms with Crippen LogP contribution in [0.3, 0.4) is 0 Å².